The number of hydrogen-bond acceptors (Lipinski definition) is 2. The van der Waals surface area contributed by atoms with E-state index in [1.54, 1.807) is 0 Å². The van der Waals surface area contributed by atoms with E-state index in [4.69, 9.17) is 0 Å². The number of rotatable bonds is 10. The molecule has 1 aromatic rings. The van der Waals surface area contributed by atoms with Gasteiger partial charge in [0.15, 0.2) is 5.96 Å². The van der Waals surface area contributed by atoms with Crippen molar-refractivity contribution in [3.05, 3.63) is 35.4 Å². The third-order valence-corrected chi connectivity index (χ3v) is 3.83. The predicted molar refractivity (Wildman–Crippen MR) is 121 cm³/mol. The molecule has 6 heteroatoms. The van der Waals surface area contributed by atoms with Crippen LogP contribution in [0.5, 0.6) is 0 Å². The van der Waals surface area contributed by atoms with E-state index < -0.39 is 0 Å². The Kier molecular flexibility index (Phi) is 14.1. The predicted octanol–water partition coefficient (Wildman–Crippen LogP) is 3.61. The second kappa shape index (κ2) is 14.8. The summed E-state index contributed by atoms with van der Waals surface area (Å²) >= 11 is 0. The van der Waals surface area contributed by atoms with Crippen LogP contribution in [0.15, 0.2) is 29.3 Å². The average molecular weight is 474 g/mol. The first-order valence-corrected chi connectivity index (χ1v) is 9.38. The van der Waals surface area contributed by atoms with Crippen LogP contribution in [-0.2, 0) is 11.3 Å². The number of benzene rings is 1. The van der Waals surface area contributed by atoms with Crippen molar-refractivity contribution in [1.29, 1.82) is 0 Å². The molecule has 1 rings (SSSR count). The van der Waals surface area contributed by atoms with Crippen molar-refractivity contribution < 1.29 is 4.79 Å². The minimum Gasteiger partial charge on any atom is -0.356 e. The number of aliphatic imine (C=N–C) groups is 1. The average Bonchev–Trinajstić information content (AvgIpc) is 2.60. The third-order valence-electron chi connectivity index (χ3n) is 3.83. The fourth-order valence-corrected chi connectivity index (χ4v) is 2.13. The molecule has 0 spiro atoms. The molecule has 0 saturated carbocycles. The van der Waals surface area contributed by atoms with Gasteiger partial charge in [-0.05, 0) is 25.3 Å². The van der Waals surface area contributed by atoms with Gasteiger partial charge in [-0.1, -0.05) is 57.0 Å². The molecule has 0 bridgehead atoms. The molecule has 1 amide bonds. The number of amides is 1. The second-order valence-corrected chi connectivity index (χ2v) is 6.66. The summed E-state index contributed by atoms with van der Waals surface area (Å²) < 4.78 is 0. The number of unbranched alkanes of at least 4 members (excludes halogenated alkanes) is 1. The first kappa shape index (κ1) is 24.7. The van der Waals surface area contributed by atoms with Crippen LogP contribution in [0.1, 0.15) is 51.2 Å². The maximum atomic E-state index is 11.5. The molecule has 0 fully saturated rings. The Labute approximate surface area is 175 Å². The molecule has 0 atom stereocenters. The fourth-order valence-electron chi connectivity index (χ4n) is 2.13. The van der Waals surface area contributed by atoms with Crippen molar-refractivity contribution in [3.8, 4) is 0 Å². The van der Waals surface area contributed by atoms with Crippen molar-refractivity contribution >= 4 is 35.8 Å². The van der Waals surface area contributed by atoms with Crippen LogP contribution >= 0.6 is 24.0 Å². The first-order chi connectivity index (χ1) is 12.0. The largest absolute Gasteiger partial charge is 0.356 e. The smallest absolute Gasteiger partial charge is 0.222 e. The van der Waals surface area contributed by atoms with E-state index in [9.17, 15) is 4.79 Å². The summed E-state index contributed by atoms with van der Waals surface area (Å²) in [4.78, 5) is 16.2. The molecular weight excluding hydrogens is 439 g/mol. The summed E-state index contributed by atoms with van der Waals surface area (Å²) in [6, 6.07) is 8.45. The van der Waals surface area contributed by atoms with Crippen LogP contribution in [0.3, 0.4) is 0 Å². The molecule has 5 nitrogen and oxygen atoms in total. The standard InChI is InChI=1S/C20H34N4O.HI/c1-5-6-12-22-20(23-14-7-13-21-19(25)16(2)3)24-15-18-10-8-17(4)9-11-18;/h8-11,16H,5-7,12-15H2,1-4H3,(H,21,25)(H2,22,23,24);1H. The van der Waals surface area contributed by atoms with E-state index in [1.807, 2.05) is 13.8 Å². The van der Waals surface area contributed by atoms with E-state index in [0.29, 0.717) is 13.1 Å². The van der Waals surface area contributed by atoms with E-state index >= 15 is 0 Å². The number of hydrogen-bond donors (Lipinski definition) is 3. The zero-order chi connectivity index (χ0) is 18.5. The lowest BCUT2D eigenvalue weighted by molar-refractivity contribution is -0.123. The molecule has 0 radical (unpaired) electrons. The molecule has 0 unspecified atom stereocenters. The summed E-state index contributed by atoms with van der Waals surface area (Å²) in [6.07, 6.45) is 3.15. The Morgan fingerprint density at radius 3 is 2.15 bits per heavy atom. The number of nitrogens with zero attached hydrogens (tertiary/aromatic N) is 1. The molecule has 0 aliphatic rings. The van der Waals surface area contributed by atoms with Crippen molar-refractivity contribution in [3.63, 3.8) is 0 Å². The van der Waals surface area contributed by atoms with Gasteiger partial charge in [0.1, 0.15) is 0 Å². The quantitative estimate of drug-likeness (QED) is 0.210. The minimum atomic E-state index is 0. The van der Waals surface area contributed by atoms with Crippen molar-refractivity contribution in [1.82, 2.24) is 16.0 Å². The highest BCUT2D eigenvalue weighted by Crippen LogP contribution is 2.04. The SMILES string of the molecule is CCCCNC(=NCc1ccc(C)cc1)NCCCNC(=O)C(C)C.I. The summed E-state index contributed by atoms with van der Waals surface area (Å²) in [6.45, 7) is 11.1. The van der Waals surface area contributed by atoms with Crippen LogP contribution in [0.2, 0.25) is 0 Å². The number of guanidine groups is 1. The van der Waals surface area contributed by atoms with E-state index in [2.05, 4.69) is 59.1 Å². The Morgan fingerprint density at radius 2 is 1.58 bits per heavy atom. The number of carbonyl (C=O) groups excluding carboxylic acids is 1. The summed E-state index contributed by atoms with van der Waals surface area (Å²) in [5.74, 6) is 0.980. The maximum Gasteiger partial charge on any atom is 0.222 e. The number of aryl methyl sites for hydroxylation is 1. The van der Waals surface area contributed by atoms with E-state index in [1.165, 1.54) is 11.1 Å². The molecule has 0 saturated heterocycles. The number of carbonyl (C=O) groups is 1. The van der Waals surface area contributed by atoms with Crippen LogP contribution in [0, 0.1) is 12.8 Å². The van der Waals surface area contributed by atoms with Gasteiger partial charge in [-0.25, -0.2) is 4.99 Å². The van der Waals surface area contributed by atoms with Crippen molar-refractivity contribution in [2.24, 2.45) is 10.9 Å². The number of halogens is 1. The molecule has 0 heterocycles. The van der Waals surface area contributed by atoms with Crippen LogP contribution in [0.4, 0.5) is 0 Å². The Balaban J connectivity index is 0.00000625. The third kappa shape index (κ3) is 11.3. The highest BCUT2D eigenvalue weighted by molar-refractivity contribution is 14.0. The molecule has 0 aliphatic carbocycles. The molecule has 26 heavy (non-hydrogen) atoms. The lowest BCUT2D eigenvalue weighted by Crippen LogP contribution is -2.39. The summed E-state index contributed by atoms with van der Waals surface area (Å²) in [7, 11) is 0. The van der Waals surface area contributed by atoms with Gasteiger partial charge in [-0.3, -0.25) is 4.79 Å². The molecule has 0 aromatic heterocycles. The first-order valence-electron chi connectivity index (χ1n) is 9.38. The Hall–Kier alpha value is -1.31. The molecule has 1 aromatic carbocycles. The molecular formula is C20H35IN4O. The van der Waals surface area contributed by atoms with E-state index in [0.717, 1.165) is 38.3 Å². The fraction of sp³-hybridized carbons (Fsp3) is 0.600. The van der Waals surface area contributed by atoms with Gasteiger partial charge in [0.2, 0.25) is 5.91 Å². The van der Waals surface area contributed by atoms with Crippen molar-refractivity contribution in [2.45, 2.75) is 53.5 Å². The normalized spacial score (nSPS) is 11.0. The van der Waals surface area contributed by atoms with Gasteiger partial charge < -0.3 is 16.0 Å². The van der Waals surface area contributed by atoms with Gasteiger partial charge in [-0.2, -0.15) is 0 Å². The Bertz CT molecular complexity index is 529. The topological polar surface area (TPSA) is 65.5 Å². The van der Waals surface area contributed by atoms with Gasteiger partial charge in [0.05, 0.1) is 6.54 Å². The molecule has 0 aliphatic heterocycles. The van der Waals surface area contributed by atoms with Gasteiger partial charge in [0, 0.05) is 25.6 Å². The molecule has 148 valence electrons. The minimum absolute atomic E-state index is 0. The highest BCUT2D eigenvalue weighted by Gasteiger charge is 2.05. The van der Waals surface area contributed by atoms with E-state index in [-0.39, 0.29) is 35.8 Å². The van der Waals surface area contributed by atoms with Gasteiger partial charge >= 0.3 is 0 Å². The van der Waals surface area contributed by atoms with Gasteiger partial charge in [-0.15, -0.1) is 24.0 Å². The monoisotopic (exact) mass is 474 g/mol. The zero-order valence-electron chi connectivity index (χ0n) is 16.6. The highest BCUT2D eigenvalue weighted by atomic mass is 127. The number of nitrogens with one attached hydrogen (secondary N) is 3. The summed E-state index contributed by atoms with van der Waals surface area (Å²) in [5.41, 5.74) is 2.46. The molecule has 3 N–H and O–H groups in total. The van der Waals surface area contributed by atoms with Gasteiger partial charge in [0.25, 0.3) is 0 Å². The zero-order valence-corrected chi connectivity index (χ0v) is 18.9. The van der Waals surface area contributed by atoms with Crippen molar-refractivity contribution in [2.75, 3.05) is 19.6 Å². The van der Waals surface area contributed by atoms with Crippen LogP contribution in [-0.4, -0.2) is 31.5 Å². The van der Waals surface area contributed by atoms with Crippen LogP contribution < -0.4 is 16.0 Å². The summed E-state index contributed by atoms with van der Waals surface area (Å²) in [5, 5.41) is 9.65. The lowest BCUT2D eigenvalue weighted by atomic mass is 10.1. The maximum absolute atomic E-state index is 11.5. The Morgan fingerprint density at radius 1 is 1.00 bits per heavy atom. The lowest BCUT2D eigenvalue weighted by Gasteiger charge is -2.13. The second-order valence-electron chi connectivity index (χ2n) is 6.66. The van der Waals surface area contributed by atoms with Crippen LogP contribution in [0.25, 0.3) is 0 Å².